The van der Waals surface area contributed by atoms with Crippen molar-refractivity contribution in [2.45, 2.75) is 13.8 Å². The van der Waals surface area contributed by atoms with E-state index in [0.717, 1.165) is 0 Å². The largest absolute Gasteiger partial charge is 0.230 e. The zero-order valence-corrected chi connectivity index (χ0v) is 5.47. The van der Waals surface area contributed by atoms with E-state index in [1.165, 1.54) is 13.8 Å². The topological polar surface area (TPSA) is 89.5 Å². The summed E-state index contributed by atoms with van der Waals surface area (Å²) in [6.07, 6.45) is 0. The molecule has 57 valence electrons. The van der Waals surface area contributed by atoms with E-state index in [1.54, 1.807) is 0 Å². The van der Waals surface area contributed by atoms with E-state index in [9.17, 15) is 20.2 Å². The molecule has 0 bridgehead atoms. The van der Waals surface area contributed by atoms with Crippen LogP contribution in [-0.2, 0) is 0 Å². The van der Waals surface area contributed by atoms with Crippen LogP contribution in [0.1, 0.15) is 13.8 Å². The minimum atomic E-state index is -1.09. The summed E-state index contributed by atoms with van der Waals surface area (Å²) in [4.78, 5) is 19.7. The van der Waals surface area contributed by atoms with Crippen LogP contribution < -0.4 is 0 Å². The summed E-state index contributed by atoms with van der Waals surface area (Å²) in [5.41, 5.74) is 0. The van der Waals surface area contributed by atoms with Gasteiger partial charge < -0.3 is 0 Å². The van der Waals surface area contributed by atoms with Gasteiger partial charge in [0.2, 0.25) is 10.1 Å². The minimum Gasteiger partial charge on any atom is -0.230 e. The Morgan fingerprint density at radius 2 is 1.50 bits per heavy atom. The van der Waals surface area contributed by atoms with Gasteiger partial charge in [-0.1, -0.05) is 0 Å². The molecule has 0 N–H and O–H groups in total. The first-order chi connectivity index (χ1) is 4.46. The minimum absolute atomic E-state index is 0.00926. The third kappa shape index (κ3) is 1.84. The lowest BCUT2D eigenvalue weighted by Gasteiger charge is -2.03. The summed E-state index contributed by atoms with van der Waals surface area (Å²) in [5, 5.41) is 17.4. The first-order valence-electron chi connectivity index (χ1n) is 2.35. The van der Waals surface area contributed by atoms with Gasteiger partial charge in [-0.3, -0.25) is 0 Å². The first kappa shape index (κ1) is 8.60. The van der Waals surface area contributed by atoms with E-state index in [4.69, 9.17) is 0 Å². The molecule has 0 amide bonds. The summed E-state index contributed by atoms with van der Waals surface area (Å²) in [7, 11) is 0. The average Bonchev–Trinajstić information content (AvgIpc) is 1.59. The Hall–Kier alpha value is -1.40. The summed E-state index contributed by atoms with van der Waals surface area (Å²) in [6, 6.07) is 0.00926. The van der Waals surface area contributed by atoms with Gasteiger partial charge in [-0.15, -0.1) is 0 Å². The highest BCUT2D eigenvalue weighted by Gasteiger charge is 2.31. The Balaban J connectivity index is 4.27. The lowest BCUT2D eigenvalue weighted by molar-refractivity contribution is -0.902. The van der Waals surface area contributed by atoms with Crippen LogP contribution in [0.3, 0.4) is 0 Å². The second-order valence-electron chi connectivity index (χ2n) is 1.71. The van der Waals surface area contributed by atoms with Crippen molar-refractivity contribution in [3.8, 4) is 0 Å². The van der Waals surface area contributed by atoms with E-state index in [1.807, 2.05) is 0 Å². The Labute approximate surface area is 56.5 Å². The van der Waals surface area contributed by atoms with Crippen LogP contribution in [0.15, 0.2) is 0 Å². The molecule has 0 unspecified atom stereocenters. The first-order valence-corrected chi connectivity index (χ1v) is 2.35. The molecule has 0 atom stereocenters. The van der Waals surface area contributed by atoms with Crippen molar-refractivity contribution < 1.29 is 10.1 Å². The van der Waals surface area contributed by atoms with Crippen molar-refractivity contribution >= 4 is 0 Å². The highest BCUT2D eigenvalue weighted by molar-refractivity contribution is 4.64. The smallest absolute Gasteiger partial charge is 0.223 e. The maximum absolute atomic E-state index is 9.85. The van der Waals surface area contributed by atoms with Crippen molar-refractivity contribution in [3.63, 3.8) is 0 Å². The van der Waals surface area contributed by atoms with Gasteiger partial charge in [0.15, 0.2) is 11.2 Å². The highest BCUT2D eigenvalue weighted by atomic mass is 16.8. The van der Waals surface area contributed by atoms with Crippen molar-refractivity contribution in [2.75, 3.05) is 0 Å². The van der Waals surface area contributed by atoms with Gasteiger partial charge in [0.05, 0.1) is 0 Å². The van der Waals surface area contributed by atoms with Crippen LogP contribution in [0, 0.1) is 26.3 Å². The molecule has 0 spiro atoms. The summed E-state index contributed by atoms with van der Waals surface area (Å²) >= 11 is 0. The van der Waals surface area contributed by atoms with Crippen molar-refractivity contribution in [1.82, 2.24) is 5.12 Å². The number of nitrogens with zero attached hydrogens (tertiary/aromatic N) is 3. The van der Waals surface area contributed by atoms with Gasteiger partial charge in [0.1, 0.15) is 0 Å². The van der Waals surface area contributed by atoms with Crippen LogP contribution in [0.4, 0.5) is 0 Å². The number of hydrazine groups is 2. The van der Waals surface area contributed by atoms with Crippen molar-refractivity contribution in [3.05, 3.63) is 26.3 Å². The van der Waals surface area contributed by atoms with Gasteiger partial charge in [-0.2, -0.15) is 0 Å². The third-order valence-corrected chi connectivity index (χ3v) is 0.709. The van der Waals surface area contributed by atoms with Crippen molar-refractivity contribution in [1.29, 1.82) is 0 Å². The molecular weight excluding hydrogens is 142 g/mol. The predicted molar refractivity (Wildman–Crippen MR) is 30.4 cm³/mol. The van der Waals surface area contributed by atoms with E-state index in [-0.39, 0.29) is 11.2 Å². The molecule has 0 rings (SSSR count). The maximum Gasteiger partial charge on any atom is 0.223 e. The average molecular weight is 148 g/mol. The van der Waals surface area contributed by atoms with E-state index in [2.05, 4.69) is 0 Å². The molecule has 10 heavy (non-hydrogen) atoms. The molecule has 7 heteroatoms. The highest BCUT2D eigenvalue weighted by Crippen LogP contribution is 2.04. The molecule has 0 saturated carbocycles. The molecule has 0 aromatic heterocycles. The Morgan fingerprint density at radius 1 is 1.20 bits per heavy atom. The second kappa shape index (κ2) is 2.95. The predicted octanol–water partition coefficient (Wildman–Crippen LogP) is 0.244. The molecule has 0 aliphatic heterocycles. The van der Waals surface area contributed by atoms with Crippen LogP contribution >= 0.6 is 0 Å². The fourth-order valence-corrected chi connectivity index (χ4v) is 0.386. The maximum atomic E-state index is 9.85. The summed E-state index contributed by atoms with van der Waals surface area (Å²) < 4.78 is 0. The fourth-order valence-electron chi connectivity index (χ4n) is 0.386. The molecule has 0 aromatic carbocycles. The Morgan fingerprint density at radius 3 is 1.50 bits per heavy atom. The molecule has 0 aliphatic rings. The van der Waals surface area contributed by atoms with Gasteiger partial charge >= 0.3 is 0 Å². The number of nitro groups is 2. The lowest BCUT2D eigenvalue weighted by Crippen LogP contribution is -2.36. The molecule has 0 heterocycles. The quantitative estimate of drug-likeness (QED) is 0.422. The van der Waals surface area contributed by atoms with Crippen LogP contribution in [0.5, 0.6) is 0 Å². The number of hydrogen-bond acceptors (Lipinski definition) is 4. The van der Waals surface area contributed by atoms with Gasteiger partial charge in [0, 0.05) is 0 Å². The molecular formula is C3H6N3O4. The van der Waals surface area contributed by atoms with Gasteiger partial charge in [-0.05, 0) is 13.8 Å². The molecule has 1 radical (unpaired) electrons. The molecule has 0 aromatic rings. The van der Waals surface area contributed by atoms with Crippen LogP contribution in [0.25, 0.3) is 0 Å². The Kier molecular flexibility index (Phi) is 2.53. The zero-order chi connectivity index (χ0) is 8.31. The normalized spacial score (nSPS) is 9.50. The second-order valence-corrected chi connectivity index (χ2v) is 1.71. The standard InChI is InChI=1S/C3H6N3O4/c1-3(2)4(5(7)8)6(9)10/h1-2H3. The van der Waals surface area contributed by atoms with Crippen molar-refractivity contribution in [2.24, 2.45) is 0 Å². The molecule has 0 saturated heterocycles. The summed E-state index contributed by atoms with van der Waals surface area (Å²) in [5.74, 6) is 0. The van der Waals surface area contributed by atoms with E-state index >= 15 is 0 Å². The molecule has 7 nitrogen and oxygen atoms in total. The Bertz CT molecular complexity index is 142. The molecule has 0 fully saturated rings. The van der Waals surface area contributed by atoms with Gasteiger partial charge in [0.25, 0.3) is 0 Å². The fraction of sp³-hybridized carbons (Fsp3) is 0.667. The third-order valence-electron chi connectivity index (χ3n) is 0.709. The number of rotatable bonds is 3. The van der Waals surface area contributed by atoms with Gasteiger partial charge in [-0.25, -0.2) is 20.2 Å². The van der Waals surface area contributed by atoms with Crippen LogP contribution in [0.2, 0.25) is 0 Å². The lowest BCUT2D eigenvalue weighted by atomic mass is 10.4. The van der Waals surface area contributed by atoms with E-state index in [0.29, 0.717) is 0 Å². The number of hydrogen-bond donors (Lipinski definition) is 0. The monoisotopic (exact) mass is 148 g/mol. The zero-order valence-electron chi connectivity index (χ0n) is 5.47. The SMILES string of the molecule is C[C](C)N([N+](=O)[O-])[N+](=O)[O-]. The van der Waals surface area contributed by atoms with Crippen LogP contribution in [-0.4, -0.2) is 15.2 Å². The summed E-state index contributed by atoms with van der Waals surface area (Å²) in [6.45, 7) is 2.57. The molecule has 0 aliphatic carbocycles. The van der Waals surface area contributed by atoms with E-state index < -0.39 is 10.1 Å².